The van der Waals surface area contributed by atoms with Crippen LogP contribution in [-0.4, -0.2) is 21.5 Å². The summed E-state index contributed by atoms with van der Waals surface area (Å²) in [6.45, 7) is 0. The molecule has 1 heterocycles. The first-order valence-electron chi connectivity index (χ1n) is 3.94. The van der Waals surface area contributed by atoms with Crippen molar-refractivity contribution in [3.8, 4) is 5.75 Å². The highest BCUT2D eigenvalue weighted by Gasteiger charge is 1.95. The highest BCUT2D eigenvalue weighted by Crippen LogP contribution is 2.16. The second-order valence-corrected chi connectivity index (χ2v) is 3.35. The lowest BCUT2D eigenvalue weighted by atomic mass is 10.2. The van der Waals surface area contributed by atoms with Crippen LogP contribution in [0, 0.1) is 0 Å². The smallest absolute Gasteiger partial charge is 0.231 e. The van der Waals surface area contributed by atoms with Crippen LogP contribution < -0.4 is 0 Å². The summed E-state index contributed by atoms with van der Waals surface area (Å²) in [5, 5.41) is 17.4. The van der Waals surface area contributed by atoms with E-state index in [1.54, 1.807) is 29.9 Å². The molecule has 0 radical (unpaired) electrons. The third-order valence-corrected chi connectivity index (χ3v) is 2.20. The van der Waals surface area contributed by atoms with Crippen molar-refractivity contribution in [2.24, 2.45) is 4.99 Å². The van der Waals surface area contributed by atoms with Crippen LogP contribution in [0.25, 0.3) is 0 Å². The molecule has 4 nitrogen and oxygen atoms in total. The fraction of sp³-hybridized carbons (Fsp3) is 0. The molecule has 1 aromatic carbocycles. The Morgan fingerprint density at radius 3 is 2.93 bits per heavy atom. The van der Waals surface area contributed by atoms with E-state index >= 15 is 0 Å². The van der Waals surface area contributed by atoms with Gasteiger partial charge in [-0.2, -0.15) is 0 Å². The minimum Gasteiger partial charge on any atom is -0.507 e. The molecule has 0 aliphatic heterocycles. The van der Waals surface area contributed by atoms with Gasteiger partial charge in [0.15, 0.2) is 0 Å². The van der Waals surface area contributed by atoms with E-state index < -0.39 is 0 Å². The van der Waals surface area contributed by atoms with Crippen molar-refractivity contribution in [3.05, 3.63) is 35.3 Å². The molecular formula is C9H7N3OS. The molecule has 5 heteroatoms. The van der Waals surface area contributed by atoms with E-state index in [0.29, 0.717) is 10.7 Å². The summed E-state index contributed by atoms with van der Waals surface area (Å²) in [6.07, 6.45) is 1.57. The van der Waals surface area contributed by atoms with E-state index in [4.69, 9.17) is 0 Å². The fourth-order valence-corrected chi connectivity index (χ4v) is 1.34. The number of aromatic hydroxyl groups is 1. The first-order valence-corrected chi connectivity index (χ1v) is 4.82. The van der Waals surface area contributed by atoms with Crippen molar-refractivity contribution in [1.29, 1.82) is 0 Å². The number of para-hydroxylation sites is 1. The predicted molar refractivity (Wildman–Crippen MR) is 55.3 cm³/mol. The average Bonchev–Trinajstić information content (AvgIpc) is 2.69. The van der Waals surface area contributed by atoms with Crippen LogP contribution >= 0.6 is 11.3 Å². The average molecular weight is 205 g/mol. The zero-order valence-electron chi connectivity index (χ0n) is 7.16. The molecule has 0 spiro atoms. The molecule has 14 heavy (non-hydrogen) atoms. The lowest BCUT2D eigenvalue weighted by Crippen LogP contribution is -1.80. The van der Waals surface area contributed by atoms with Crippen LogP contribution in [0.3, 0.4) is 0 Å². The van der Waals surface area contributed by atoms with Crippen LogP contribution in [0.5, 0.6) is 5.75 Å². The van der Waals surface area contributed by atoms with Crippen LogP contribution in [-0.2, 0) is 0 Å². The van der Waals surface area contributed by atoms with E-state index in [0.717, 1.165) is 0 Å². The minimum atomic E-state index is 0.209. The van der Waals surface area contributed by atoms with Crippen LogP contribution in [0.4, 0.5) is 5.13 Å². The Hall–Kier alpha value is -1.75. The van der Waals surface area contributed by atoms with Gasteiger partial charge in [0.2, 0.25) is 5.13 Å². The zero-order chi connectivity index (χ0) is 9.80. The number of nitrogens with zero attached hydrogens (tertiary/aromatic N) is 3. The maximum absolute atomic E-state index is 9.42. The first kappa shape index (κ1) is 8.83. The quantitative estimate of drug-likeness (QED) is 0.763. The second-order valence-electron chi connectivity index (χ2n) is 2.54. The highest BCUT2D eigenvalue weighted by molar-refractivity contribution is 7.13. The van der Waals surface area contributed by atoms with Gasteiger partial charge < -0.3 is 5.11 Å². The molecule has 2 aromatic rings. The number of benzene rings is 1. The maximum atomic E-state index is 9.42. The molecule has 0 aliphatic carbocycles. The Morgan fingerprint density at radius 2 is 2.21 bits per heavy atom. The first-order chi connectivity index (χ1) is 6.86. The third-order valence-electron chi connectivity index (χ3n) is 1.60. The van der Waals surface area contributed by atoms with Crippen molar-refractivity contribution in [3.63, 3.8) is 0 Å². The van der Waals surface area contributed by atoms with Gasteiger partial charge in [-0.3, -0.25) is 0 Å². The predicted octanol–water partition coefficient (Wildman–Crippen LogP) is 1.99. The number of aromatic nitrogens is 2. The Kier molecular flexibility index (Phi) is 2.51. The summed E-state index contributed by atoms with van der Waals surface area (Å²) in [5.41, 5.74) is 2.28. The van der Waals surface area contributed by atoms with Gasteiger partial charge in [0.1, 0.15) is 11.3 Å². The Morgan fingerprint density at radius 1 is 1.36 bits per heavy atom. The van der Waals surface area contributed by atoms with Crippen LogP contribution in [0.1, 0.15) is 5.56 Å². The molecule has 70 valence electrons. The Balaban J connectivity index is 2.23. The van der Waals surface area contributed by atoms with Crippen molar-refractivity contribution >= 4 is 22.7 Å². The summed E-state index contributed by atoms with van der Waals surface area (Å²) in [7, 11) is 0. The normalized spacial score (nSPS) is 10.9. The van der Waals surface area contributed by atoms with Crippen molar-refractivity contribution in [2.45, 2.75) is 0 Å². The molecule has 1 N–H and O–H groups in total. The van der Waals surface area contributed by atoms with Crippen molar-refractivity contribution in [1.82, 2.24) is 10.2 Å². The monoisotopic (exact) mass is 205 g/mol. The fourth-order valence-electron chi connectivity index (χ4n) is 0.945. The molecule has 0 unspecified atom stereocenters. The topological polar surface area (TPSA) is 58.4 Å². The molecule has 0 saturated carbocycles. The summed E-state index contributed by atoms with van der Waals surface area (Å²) < 4.78 is 0. The van der Waals surface area contributed by atoms with E-state index in [-0.39, 0.29) is 5.75 Å². The maximum Gasteiger partial charge on any atom is 0.231 e. The third kappa shape index (κ3) is 1.94. The SMILES string of the molecule is Oc1ccccc1C=Nc1nncs1. The van der Waals surface area contributed by atoms with Gasteiger partial charge in [0, 0.05) is 11.8 Å². The van der Waals surface area contributed by atoms with Crippen LogP contribution in [0.15, 0.2) is 34.8 Å². The van der Waals surface area contributed by atoms with E-state index in [9.17, 15) is 5.11 Å². The van der Waals surface area contributed by atoms with E-state index in [1.165, 1.54) is 11.3 Å². The minimum absolute atomic E-state index is 0.209. The molecule has 1 aromatic heterocycles. The standard InChI is InChI=1S/C9H7N3OS/c13-8-4-2-1-3-7(8)5-10-9-12-11-6-14-9/h1-6,13H. The number of hydrogen-bond donors (Lipinski definition) is 1. The highest BCUT2D eigenvalue weighted by atomic mass is 32.1. The molecule has 0 bridgehead atoms. The van der Waals surface area contributed by atoms with Crippen molar-refractivity contribution < 1.29 is 5.11 Å². The number of rotatable bonds is 2. The van der Waals surface area contributed by atoms with Gasteiger partial charge >= 0.3 is 0 Å². The molecule has 0 amide bonds. The largest absolute Gasteiger partial charge is 0.507 e. The number of phenols is 1. The molecule has 0 saturated heterocycles. The number of hydrogen-bond acceptors (Lipinski definition) is 5. The number of aliphatic imine (C=N–C) groups is 1. The lowest BCUT2D eigenvalue weighted by molar-refractivity contribution is 0.474. The summed E-state index contributed by atoms with van der Waals surface area (Å²) in [5.74, 6) is 0.209. The molecule has 2 rings (SSSR count). The van der Waals surface area contributed by atoms with E-state index in [2.05, 4.69) is 15.2 Å². The van der Waals surface area contributed by atoms with Gasteiger partial charge in [0.05, 0.1) is 0 Å². The van der Waals surface area contributed by atoms with Crippen molar-refractivity contribution in [2.75, 3.05) is 0 Å². The van der Waals surface area contributed by atoms with Gasteiger partial charge in [-0.25, -0.2) is 4.99 Å². The zero-order valence-corrected chi connectivity index (χ0v) is 7.98. The summed E-state index contributed by atoms with van der Waals surface area (Å²) in [4.78, 5) is 4.06. The van der Waals surface area contributed by atoms with Gasteiger partial charge in [-0.15, -0.1) is 10.2 Å². The summed E-state index contributed by atoms with van der Waals surface area (Å²) in [6, 6.07) is 6.99. The molecule has 0 fully saturated rings. The van der Waals surface area contributed by atoms with Gasteiger partial charge in [-0.05, 0) is 12.1 Å². The molecular weight excluding hydrogens is 198 g/mol. The lowest BCUT2D eigenvalue weighted by Gasteiger charge is -1.94. The Bertz CT molecular complexity index is 439. The van der Waals surface area contributed by atoms with Gasteiger partial charge in [-0.1, -0.05) is 23.5 Å². The molecule has 0 atom stereocenters. The molecule has 0 aliphatic rings. The number of phenolic OH excluding ortho intramolecular Hbond substituents is 1. The van der Waals surface area contributed by atoms with E-state index in [1.807, 2.05) is 6.07 Å². The van der Waals surface area contributed by atoms with Gasteiger partial charge in [0.25, 0.3) is 0 Å². The second kappa shape index (κ2) is 3.97. The Labute approximate surface area is 84.6 Å². The van der Waals surface area contributed by atoms with Crippen LogP contribution in [0.2, 0.25) is 0 Å². The summed E-state index contributed by atoms with van der Waals surface area (Å²) >= 11 is 1.35.